The average Bonchev–Trinajstić information content (AvgIpc) is 3.23. The Bertz CT molecular complexity index is 1250. The zero-order valence-corrected chi connectivity index (χ0v) is 19.9. The van der Waals surface area contributed by atoms with Crippen LogP contribution in [0.1, 0.15) is 39.9 Å². The molecule has 3 heterocycles. The minimum atomic E-state index is -1.06. The van der Waals surface area contributed by atoms with E-state index >= 15 is 4.39 Å². The number of anilines is 1. The molecule has 0 radical (unpaired) electrons. The van der Waals surface area contributed by atoms with Gasteiger partial charge in [-0.3, -0.25) is 24.6 Å². The van der Waals surface area contributed by atoms with E-state index in [0.29, 0.717) is 43.1 Å². The van der Waals surface area contributed by atoms with Gasteiger partial charge in [0.05, 0.1) is 24.3 Å². The summed E-state index contributed by atoms with van der Waals surface area (Å²) in [6, 6.07) is 4.13. The van der Waals surface area contributed by atoms with Crippen molar-refractivity contribution >= 4 is 23.4 Å². The molecule has 2 aromatic rings. The van der Waals surface area contributed by atoms with Crippen molar-refractivity contribution in [3.63, 3.8) is 0 Å². The number of imide groups is 1. The molecule has 3 amide bonds. The molecule has 5 N–H and O–H groups in total. The maximum absolute atomic E-state index is 15.1. The number of amides is 3. The Morgan fingerprint density at radius 1 is 1.05 bits per heavy atom. The van der Waals surface area contributed by atoms with Crippen molar-refractivity contribution in [2.24, 2.45) is 0 Å². The van der Waals surface area contributed by atoms with Crippen LogP contribution in [0.5, 0.6) is 17.2 Å². The zero-order chi connectivity index (χ0) is 26.3. The van der Waals surface area contributed by atoms with Crippen molar-refractivity contribution in [1.82, 2.24) is 15.1 Å². The number of nitrogens with one attached hydrogen (secondary N) is 2. The Kier molecular flexibility index (Phi) is 6.61. The second kappa shape index (κ2) is 9.87. The molecule has 3 aliphatic rings. The van der Waals surface area contributed by atoms with Gasteiger partial charge in [-0.15, -0.1) is 0 Å². The molecule has 0 aromatic heterocycles. The highest BCUT2D eigenvalue weighted by Gasteiger charge is 2.40. The van der Waals surface area contributed by atoms with E-state index < -0.39 is 35.0 Å². The molecule has 1 atom stereocenters. The van der Waals surface area contributed by atoms with Crippen molar-refractivity contribution in [3.8, 4) is 17.2 Å². The maximum Gasteiger partial charge on any atom is 0.255 e. The van der Waals surface area contributed by atoms with Crippen molar-refractivity contribution in [3.05, 3.63) is 46.3 Å². The number of fused-ring (bicyclic) bond motifs is 1. The van der Waals surface area contributed by atoms with Gasteiger partial charge in [-0.05, 0) is 18.6 Å². The first-order valence-electron chi connectivity index (χ1n) is 12.0. The van der Waals surface area contributed by atoms with Gasteiger partial charge in [-0.1, -0.05) is 6.07 Å². The maximum atomic E-state index is 15.1. The molecule has 11 nitrogen and oxygen atoms in total. The number of carbonyl (C=O) groups is 3. The summed E-state index contributed by atoms with van der Waals surface area (Å²) in [5.74, 6) is -4.33. The van der Waals surface area contributed by atoms with Crippen LogP contribution in [0.4, 0.5) is 10.1 Å². The van der Waals surface area contributed by atoms with E-state index in [-0.39, 0.29) is 55.4 Å². The zero-order valence-electron chi connectivity index (χ0n) is 19.9. The Morgan fingerprint density at radius 2 is 1.78 bits per heavy atom. The lowest BCUT2D eigenvalue weighted by atomic mass is 10.0. The number of phenolic OH excluding ortho intramolecular Hbond substituents is 3. The highest BCUT2D eigenvalue weighted by Crippen LogP contribution is 2.43. The molecular formula is C25H27FN4O7. The number of halogens is 1. The van der Waals surface area contributed by atoms with Gasteiger partial charge >= 0.3 is 0 Å². The topological polar surface area (TPSA) is 152 Å². The quantitative estimate of drug-likeness (QED) is 0.217. The number of nitrogens with zero attached hydrogens (tertiary/aromatic N) is 2. The van der Waals surface area contributed by atoms with Crippen LogP contribution in [-0.4, -0.2) is 75.2 Å². The molecule has 0 saturated carbocycles. The number of carbonyl (C=O) groups excluding carboxylic acids is 3. The standard InChI is InChI=1S/C25H27FN4O7/c26-20-14(22(33)23(34)16(21(20)32)11-29-6-8-37-9-7-29)10-27-17-3-1-2-13-15(17)12-30(25(13)36)18-4-5-19(31)28-24(18)35/h1-3,18,27,32-34H,4-12H2,(H,28,31,35). The van der Waals surface area contributed by atoms with Gasteiger partial charge < -0.3 is 30.3 Å². The molecule has 0 bridgehead atoms. The predicted octanol–water partition coefficient (Wildman–Crippen LogP) is 1.15. The number of benzene rings is 2. The van der Waals surface area contributed by atoms with E-state index in [2.05, 4.69) is 10.6 Å². The summed E-state index contributed by atoms with van der Waals surface area (Å²) in [4.78, 5) is 40.1. The number of ether oxygens (including phenoxy) is 1. The first kappa shape index (κ1) is 24.8. The number of phenols is 3. The number of piperidine rings is 1. The second-order valence-corrected chi connectivity index (χ2v) is 9.29. The van der Waals surface area contributed by atoms with Gasteiger partial charge in [-0.25, -0.2) is 4.39 Å². The van der Waals surface area contributed by atoms with Crippen molar-refractivity contribution < 1.29 is 38.8 Å². The van der Waals surface area contributed by atoms with E-state index in [1.54, 1.807) is 18.2 Å². The van der Waals surface area contributed by atoms with Gasteiger partial charge in [0.15, 0.2) is 23.1 Å². The molecule has 2 aromatic carbocycles. The van der Waals surface area contributed by atoms with Crippen LogP contribution in [0.2, 0.25) is 0 Å². The molecular weight excluding hydrogens is 487 g/mol. The van der Waals surface area contributed by atoms with E-state index in [1.807, 2.05) is 4.90 Å². The van der Waals surface area contributed by atoms with Crippen LogP contribution in [0.25, 0.3) is 0 Å². The highest BCUT2D eigenvalue weighted by atomic mass is 19.1. The second-order valence-electron chi connectivity index (χ2n) is 9.29. The summed E-state index contributed by atoms with van der Waals surface area (Å²) < 4.78 is 20.4. The van der Waals surface area contributed by atoms with Gasteiger partial charge in [0, 0.05) is 56.0 Å². The monoisotopic (exact) mass is 514 g/mol. The fraction of sp³-hybridized carbons (Fsp3) is 0.400. The molecule has 12 heteroatoms. The van der Waals surface area contributed by atoms with Crippen molar-refractivity contribution in [2.45, 2.75) is 38.5 Å². The highest BCUT2D eigenvalue weighted by molar-refractivity contribution is 6.06. The molecule has 1 unspecified atom stereocenters. The van der Waals surface area contributed by atoms with Crippen molar-refractivity contribution in [1.29, 1.82) is 0 Å². The largest absolute Gasteiger partial charge is 0.504 e. The van der Waals surface area contributed by atoms with Gasteiger partial charge in [0.25, 0.3) is 5.91 Å². The van der Waals surface area contributed by atoms with E-state index in [0.717, 1.165) is 0 Å². The predicted molar refractivity (Wildman–Crippen MR) is 127 cm³/mol. The minimum Gasteiger partial charge on any atom is -0.504 e. The third kappa shape index (κ3) is 4.53. The number of aromatic hydroxyl groups is 3. The van der Waals surface area contributed by atoms with Crippen LogP contribution in [0.3, 0.4) is 0 Å². The smallest absolute Gasteiger partial charge is 0.255 e. The molecule has 0 spiro atoms. The lowest BCUT2D eigenvalue weighted by Crippen LogP contribution is -2.52. The Labute approximate surface area is 211 Å². The van der Waals surface area contributed by atoms with Crippen LogP contribution in [-0.2, 0) is 34.0 Å². The summed E-state index contributed by atoms with van der Waals surface area (Å²) >= 11 is 0. The number of morpholine rings is 1. The van der Waals surface area contributed by atoms with E-state index in [1.165, 1.54) is 4.90 Å². The molecule has 2 fully saturated rings. The van der Waals surface area contributed by atoms with Crippen molar-refractivity contribution in [2.75, 3.05) is 31.6 Å². The first-order chi connectivity index (χ1) is 17.8. The Balaban J connectivity index is 1.35. The summed E-state index contributed by atoms with van der Waals surface area (Å²) in [5.41, 5.74) is 0.979. The summed E-state index contributed by atoms with van der Waals surface area (Å²) in [5, 5.41) is 36.8. The lowest BCUT2D eigenvalue weighted by molar-refractivity contribution is -0.136. The summed E-state index contributed by atoms with van der Waals surface area (Å²) in [6.45, 7) is 1.89. The van der Waals surface area contributed by atoms with E-state index in [4.69, 9.17) is 4.74 Å². The van der Waals surface area contributed by atoms with E-state index in [9.17, 15) is 29.7 Å². The summed E-state index contributed by atoms with van der Waals surface area (Å²) in [6.07, 6.45) is 0.357. The molecule has 5 rings (SSSR count). The SMILES string of the molecule is O=C1CCC(N2Cc3c(NCc4c(O)c(O)c(CN5CCOCC5)c(O)c4F)cccc3C2=O)C(=O)N1. The molecule has 37 heavy (non-hydrogen) atoms. The molecule has 196 valence electrons. The third-order valence-electron chi connectivity index (χ3n) is 7.08. The average molecular weight is 515 g/mol. The van der Waals surface area contributed by atoms with Gasteiger partial charge in [0.1, 0.15) is 6.04 Å². The molecule has 3 aliphatic heterocycles. The van der Waals surface area contributed by atoms with Crippen LogP contribution < -0.4 is 10.6 Å². The first-order valence-corrected chi connectivity index (χ1v) is 12.0. The summed E-state index contributed by atoms with van der Waals surface area (Å²) in [7, 11) is 0. The molecule has 0 aliphatic carbocycles. The number of hydrogen-bond donors (Lipinski definition) is 5. The fourth-order valence-electron chi connectivity index (χ4n) is 5.01. The number of rotatable bonds is 6. The van der Waals surface area contributed by atoms with Crippen LogP contribution >= 0.6 is 0 Å². The normalized spacial score (nSPS) is 20.2. The fourth-order valence-corrected chi connectivity index (χ4v) is 5.01. The van der Waals surface area contributed by atoms with Crippen LogP contribution in [0, 0.1) is 5.82 Å². The Hall–Kier alpha value is -3.90. The van der Waals surface area contributed by atoms with Gasteiger partial charge in [-0.2, -0.15) is 0 Å². The van der Waals surface area contributed by atoms with Gasteiger partial charge in [0.2, 0.25) is 11.8 Å². The lowest BCUT2D eigenvalue weighted by Gasteiger charge is -2.29. The Morgan fingerprint density at radius 3 is 2.51 bits per heavy atom. The number of hydrogen-bond acceptors (Lipinski definition) is 9. The molecule has 2 saturated heterocycles. The third-order valence-corrected chi connectivity index (χ3v) is 7.08. The minimum absolute atomic E-state index is 0.0453. The van der Waals surface area contributed by atoms with Crippen LogP contribution in [0.15, 0.2) is 18.2 Å².